The van der Waals surface area contributed by atoms with Crippen molar-refractivity contribution in [3.63, 3.8) is 0 Å². The van der Waals surface area contributed by atoms with E-state index >= 15 is 0 Å². The van der Waals surface area contributed by atoms with Gasteiger partial charge in [0.2, 0.25) is 11.8 Å². The van der Waals surface area contributed by atoms with Crippen LogP contribution in [0.2, 0.25) is 0 Å². The maximum Gasteiger partial charge on any atom is 0.228 e. The molecular formula is C15H24N2O3. The summed E-state index contributed by atoms with van der Waals surface area (Å²) in [4.78, 5) is 28.5. The van der Waals surface area contributed by atoms with E-state index in [9.17, 15) is 14.7 Å². The molecule has 0 spiro atoms. The lowest BCUT2D eigenvalue weighted by Crippen LogP contribution is -2.42. The molecule has 3 aliphatic rings. The largest absolute Gasteiger partial charge is 0.394 e. The van der Waals surface area contributed by atoms with E-state index in [1.165, 1.54) is 12.8 Å². The molecule has 2 unspecified atom stereocenters. The zero-order valence-corrected chi connectivity index (χ0v) is 12.0. The number of hydrogen-bond donors (Lipinski definition) is 1. The molecule has 2 heterocycles. The fraction of sp³-hybridized carbons (Fsp3) is 0.867. The van der Waals surface area contributed by atoms with Crippen LogP contribution in [0.3, 0.4) is 0 Å². The summed E-state index contributed by atoms with van der Waals surface area (Å²) in [6, 6.07) is 0.339. The monoisotopic (exact) mass is 280 g/mol. The molecule has 20 heavy (non-hydrogen) atoms. The fourth-order valence-corrected chi connectivity index (χ4v) is 4.02. The van der Waals surface area contributed by atoms with E-state index < -0.39 is 0 Å². The highest BCUT2D eigenvalue weighted by Crippen LogP contribution is 2.31. The van der Waals surface area contributed by atoms with Gasteiger partial charge in [-0.2, -0.15) is 0 Å². The van der Waals surface area contributed by atoms with Crippen LogP contribution in [0, 0.1) is 5.92 Å². The third kappa shape index (κ3) is 2.43. The summed E-state index contributed by atoms with van der Waals surface area (Å²) in [5.41, 5.74) is 0. The predicted molar refractivity (Wildman–Crippen MR) is 73.9 cm³/mol. The standard InChI is InChI=1S/C15H24N2O3/c18-10-13-6-3-7-16(13)15(20)11-8-14(19)17(9-11)12-4-1-2-5-12/h11-13,18H,1-10H2. The minimum atomic E-state index is -0.185. The number of aliphatic hydroxyl groups is 1. The Kier molecular flexibility index (Phi) is 3.96. The second-order valence-corrected chi connectivity index (χ2v) is 6.40. The lowest BCUT2D eigenvalue weighted by atomic mass is 10.1. The highest BCUT2D eigenvalue weighted by Gasteiger charge is 2.42. The van der Waals surface area contributed by atoms with E-state index in [4.69, 9.17) is 0 Å². The van der Waals surface area contributed by atoms with Crippen molar-refractivity contribution in [2.75, 3.05) is 19.7 Å². The van der Waals surface area contributed by atoms with Gasteiger partial charge in [-0.1, -0.05) is 12.8 Å². The van der Waals surface area contributed by atoms with Gasteiger partial charge in [-0.05, 0) is 25.7 Å². The summed E-state index contributed by atoms with van der Waals surface area (Å²) in [7, 11) is 0. The molecule has 5 nitrogen and oxygen atoms in total. The van der Waals surface area contributed by atoms with Crippen molar-refractivity contribution in [1.29, 1.82) is 0 Å². The Morgan fingerprint density at radius 1 is 1.20 bits per heavy atom. The number of carbonyl (C=O) groups excluding carboxylic acids is 2. The van der Waals surface area contributed by atoms with E-state index in [0.717, 1.165) is 32.2 Å². The lowest BCUT2D eigenvalue weighted by Gasteiger charge is -2.27. The Labute approximate surface area is 119 Å². The Balaban J connectivity index is 1.63. The molecule has 112 valence electrons. The topological polar surface area (TPSA) is 60.9 Å². The first-order chi connectivity index (χ1) is 9.70. The SMILES string of the molecule is O=C1CC(C(=O)N2CCCC2CO)CN1C1CCCC1. The molecule has 3 fully saturated rings. The Morgan fingerprint density at radius 3 is 2.65 bits per heavy atom. The van der Waals surface area contributed by atoms with Crippen LogP contribution >= 0.6 is 0 Å². The van der Waals surface area contributed by atoms with Gasteiger partial charge in [-0.25, -0.2) is 0 Å². The molecule has 2 aliphatic heterocycles. The zero-order chi connectivity index (χ0) is 14.1. The number of rotatable bonds is 3. The molecule has 2 amide bonds. The van der Waals surface area contributed by atoms with Crippen LogP contribution in [-0.4, -0.2) is 58.5 Å². The lowest BCUT2D eigenvalue weighted by molar-refractivity contribution is -0.137. The molecule has 1 saturated carbocycles. The average Bonchev–Trinajstić information content (AvgIpc) is 3.17. The summed E-state index contributed by atoms with van der Waals surface area (Å²) >= 11 is 0. The van der Waals surface area contributed by atoms with Crippen molar-refractivity contribution < 1.29 is 14.7 Å². The summed E-state index contributed by atoms with van der Waals surface area (Å²) in [5.74, 6) is 0.0423. The third-order valence-corrected chi connectivity index (χ3v) is 5.14. The minimum absolute atomic E-state index is 0.0295. The molecule has 0 aromatic carbocycles. The third-order valence-electron chi connectivity index (χ3n) is 5.14. The molecular weight excluding hydrogens is 256 g/mol. The summed E-state index contributed by atoms with van der Waals surface area (Å²) in [6.45, 7) is 1.37. The first kappa shape index (κ1) is 13.9. The number of amides is 2. The Bertz CT molecular complexity index is 393. The maximum atomic E-state index is 12.6. The normalized spacial score (nSPS) is 31.6. The quantitative estimate of drug-likeness (QED) is 0.830. The van der Waals surface area contributed by atoms with Gasteiger partial charge in [-0.3, -0.25) is 9.59 Å². The van der Waals surface area contributed by atoms with Crippen LogP contribution in [0.4, 0.5) is 0 Å². The van der Waals surface area contributed by atoms with E-state index in [0.29, 0.717) is 19.0 Å². The first-order valence-electron chi connectivity index (χ1n) is 7.91. The highest BCUT2D eigenvalue weighted by molar-refractivity contribution is 5.89. The summed E-state index contributed by atoms with van der Waals surface area (Å²) in [6.07, 6.45) is 6.80. The van der Waals surface area contributed by atoms with E-state index in [1.54, 1.807) is 4.90 Å². The molecule has 0 bridgehead atoms. The second kappa shape index (κ2) is 5.72. The van der Waals surface area contributed by atoms with E-state index in [1.807, 2.05) is 4.90 Å². The predicted octanol–water partition coefficient (Wildman–Crippen LogP) is 0.761. The molecule has 0 aromatic heterocycles. The summed E-state index contributed by atoms with van der Waals surface area (Å²) in [5, 5.41) is 9.33. The zero-order valence-electron chi connectivity index (χ0n) is 12.0. The average molecular weight is 280 g/mol. The maximum absolute atomic E-state index is 12.6. The molecule has 5 heteroatoms. The van der Waals surface area contributed by atoms with Gasteiger partial charge in [-0.15, -0.1) is 0 Å². The molecule has 1 aliphatic carbocycles. The van der Waals surface area contributed by atoms with Gasteiger partial charge < -0.3 is 14.9 Å². The number of hydrogen-bond acceptors (Lipinski definition) is 3. The summed E-state index contributed by atoms with van der Waals surface area (Å²) < 4.78 is 0. The Hall–Kier alpha value is -1.10. The molecule has 1 N–H and O–H groups in total. The number of aliphatic hydroxyl groups excluding tert-OH is 1. The first-order valence-corrected chi connectivity index (χ1v) is 7.91. The molecule has 3 rings (SSSR count). The van der Waals surface area contributed by atoms with Gasteiger partial charge >= 0.3 is 0 Å². The highest BCUT2D eigenvalue weighted by atomic mass is 16.3. The van der Waals surface area contributed by atoms with Crippen LogP contribution < -0.4 is 0 Å². The van der Waals surface area contributed by atoms with Gasteiger partial charge in [0.05, 0.1) is 18.6 Å². The smallest absolute Gasteiger partial charge is 0.228 e. The van der Waals surface area contributed by atoms with Crippen LogP contribution in [0.5, 0.6) is 0 Å². The van der Waals surface area contributed by atoms with Crippen LogP contribution in [0.1, 0.15) is 44.9 Å². The fourth-order valence-electron chi connectivity index (χ4n) is 4.02. The van der Waals surface area contributed by atoms with Crippen LogP contribution in [0.15, 0.2) is 0 Å². The molecule has 2 atom stereocenters. The van der Waals surface area contributed by atoms with Crippen molar-refractivity contribution in [1.82, 2.24) is 9.80 Å². The van der Waals surface area contributed by atoms with Gasteiger partial charge in [0.1, 0.15) is 0 Å². The van der Waals surface area contributed by atoms with Gasteiger partial charge in [0, 0.05) is 25.6 Å². The number of likely N-dealkylation sites (tertiary alicyclic amines) is 2. The van der Waals surface area contributed by atoms with Crippen molar-refractivity contribution in [2.45, 2.75) is 57.0 Å². The molecule has 0 aromatic rings. The minimum Gasteiger partial charge on any atom is -0.394 e. The van der Waals surface area contributed by atoms with Crippen molar-refractivity contribution >= 4 is 11.8 Å². The van der Waals surface area contributed by atoms with Crippen molar-refractivity contribution in [3.8, 4) is 0 Å². The molecule has 0 radical (unpaired) electrons. The van der Waals surface area contributed by atoms with Gasteiger partial charge in [0.25, 0.3) is 0 Å². The van der Waals surface area contributed by atoms with Crippen LogP contribution in [0.25, 0.3) is 0 Å². The van der Waals surface area contributed by atoms with E-state index in [2.05, 4.69) is 0 Å². The van der Waals surface area contributed by atoms with E-state index in [-0.39, 0.29) is 30.4 Å². The van der Waals surface area contributed by atoms with Crippen molar-refractivity contribution in [2.24, 2.45) is 5.92 Å². The number of nitrogens with zero attached hydrogens (tertiary/aromatic N) is 2. The number of carbonyl (C=O) groups is 2. The van der Waals surface area contributed by atoms with Gasteiger partial charge in [0.15, 0.2) is 0 Å². The second-order valence-electron chi connectivity index (χ2n) is 6.40. The van der Waals surface area contributed by atoms with Crippen LogP contribution in [-0.2, 0) is 9.59 Å². The Morgan fingerprint density at radius 2 is 1.95 bits per heavy atom. The van der Waals surface area contributed by atoms with Crippen molar-refractivity contribution in [3.05, 3.63) is 0 Å². The molecule has 2 saturated heterocycles.